The molecule has 0 saturated carbocycles. The summed E-state index contributed by atoms with van der Waals surface area (Å²) in [6.07, 6.45) is 0. The molecule has 1 aromatic heterocycles. The fourth-order valence-electron chi connectivity index (χ4n) is 8.41. The number of hydrogen-bond donors (Lipinski definition) is 0. The first kappa shape index (κ1) is 29.5. The van der Waals surface area contributed by atoms with E-state index in [4.69, 9.17) is 0 Å². The number of nitrogens with zero attached hydrogens (tertiary/aromatic N) is 2. The van der Waals surface area contributed by atoms with Gasteiger partial charge in [-0.2, -0.15) is 0 Å². The van der Waals surface area contributed by atoms with Gasteiger partial charge >= 0.3 is 0 Å². The van der Waals surface area contributed by atoms with Crippen molar-refractivity contribution in [2.75, 3.05) is 4.90 Å². The van der Waals surface area contributed by atoms with Gasteiger partial charge in [0, 0.05) is 38.9 Å². The molecule has 2 nitrogen and oxygen atoms in total. The lowest BCUT2D eigenvalue weighted by atomic mass is 9.82. The first-order valence-corrected chi connectivity index (χ1v) is 17.8. The summed E-state index contributed by atoms with van der Waals surface area (Å²) in [6.45, 7) is 4.76. The van der Waals surface area contributed by atoms with E-state index in [1.54, 1.807) is 0 Å². The van der Waals surface area contributed by atoms with Gasteiger partial charge in [-0.05, 0) is 111 Å². The zero-order chi connectivity index (χ0) is 34.1. The van der Waals surface area contributed by atoms with Crippen LogP contribution in [0.15, 0.2) is 182 Å². The summed E-state index contributed by atoms with van der Waals surface area (Å²) >= 11 is 0. The van der Waals surface area contributed by atoms with Crippen molar-refractivity contribution in [2.24, 2.45) is 0 Å². The molecular formula is C49H36N2. The van der Waals surface area contributed by atoms with E-state index in [0.29, 0.717) is 0 Å². The molecule has 51 heavy (non-hydrogen) atoms. The maximum atomic E-state index is 2.43. The highest BCUT2D eigenvalue weighted by molar-refractivity contribution is 6.09. The number of rotatable bonds is 5. The zero-order valence-corrected chi connectivity index (χ0v) is 28.7. The number of aromatic nitrogens is 1. The number of fused-ring (bicyclic) bond motifs is 7. The van der Waals surface area contributed by atoms with Crippen molar-refractivity contribution in [3.63, 3.8) is 0 Å². The minimum Gasteiger partial charge on any atom is -0.310 e. The minimum absolute atomic E-state index is 0.190. The average molecular weight is 653 g/mol. The van der Waals surface area contributed by atoms with Crippen molar-refractivity contribution in [1.29, 1.82) is 0 Å². The molecule has 242 valence electrons. The lowest BCUT2D eigenvalue weighted by Gasteiger charge is -2.28. The Bertz CT molecular complexity index is 2730. The largest absolute Gasteiger partial charge is 0.310 e. The molecule has 2 heteroatoms. The van der Waals surface area contributed by atoms with E-state index in [2.05, 4.69) is 205 Å². The van der Waals surface area contributed by atoms with E-state index in [0.717, 1.165) is 17.1 Å². The third kappa shape index (κ3) is 4.64. The Morgan fingerprint density at radius 3 is 1.76 bits per heavy atom. The van der Waals surface area contributed by atoms with Crippen LogP contribution in [0.25, 0.3) is 60.5 Å². The molecule has 0 atom stereocenters. The molecule has 1 heterocycles. The molecule has 9 aromatic rings. The van der Waals surface area contributed by atoms with Gasteiger partial charge in [0.15, 0.2) is 0 Å². The standard InChI is InChI=1S/C49H36N2/c1-49(2)45-31-39(50(37-16-4-3-5-17-37)38-18-12-15-35(30-38)36-24-23-33-13-6-7-14-34(33)29-36)25-27-41(45)42-28-26-40(32-46(42)49)51-47-21-10-8-19-43(47)44-20-9-11-22-48(44)51/h3-32H,1-2H3. The Hall–Kier alpha value is -6.38. The van der Waals surface area contributed by atoms with Gasteiger partial charge in [0.1, 0.15) is 0 Å². The monoisotopic (exact) mass is 652 g/mol. The van der Waals surface area contributed by atoms with Crippen LogP contribution >= 0.6 is 0 Å². The van der Waals surface area contributed by atoms with Crippen LogP contribution in [0.5, 0.6) is 0 Å². The van der Waals surface area contributed by atoms with Gasteiger partial charge in [-0.1, -0.05) is 129 Å². The molecule has 8 aromatic carbocycles. The quantitative estimate of drug-likeness (QED) is 0.180. The number of hydrogen-bond acceptors (Lipinski definition) is 1. The fraction of sp³-hybridized carbons (Fsp3) is 0.0612. The first-order valence-electron chi connectivity index (χ1n) is 17.8. The lowest BCUT2D eigenvalue weighted by Crippen LogP contribution is -2.17. The lowest BCUT2D eigenvalue weighted by molar-refractivity contribution is 0.660. The van der Waals surface area contributed by atoms with Gasteiger partial charge in [0.2, 0.25) is 0 Å². The normalized spacial score (nSPS) is 13.1. The Morgan fingerprint density at radius 1 is 0.412 bits per heavy atom. The van der Waals surface area contributed by atoms with Crippen LogP contribution in [0.3, 0.4) is 0 Å². The SMILES string of the molecule is CC1(C)c2cc(N(c3ccccc3)c3cccc(-c4ccc5ccccc5c4)c3)ccc2-c2ccc(-n3c4ccccc4c4ccccc43)cc21. The maximum absolute atomic E-state index is 2.43. The van der Waals surface area contributed by atoms with Crippen molar-refractivity contribution in [2.45, 2.75) is 19.3 Å². The molecule has 0 amide bonds. The average Bonchev–Trinajstić information content (AvgIpc) is 3.63. The van der Waals surface area contributed by atoms with Gasteiger partial charge in [-0.15, -0.1) is 0 Å². The van der Waals surface area contributed by atoms with E-state index >= 15 is 0 Å². The van der Waals surface area contributed by atoms with Crippen LogP contribution in [0.2, 0.25) is 0 Å². The maximum Gasteiger partial charge on any atom is 0.0541 e. The van der Waals surface area contributed by atoms with E-state index in [1.165, 1.54) is 71.6 Å². The molecule has 0 fully saturated rings. The number of para-hydroxylation sites is 3. The van der Waals surface area contributed by atoms with E-state index < -0.39 is 0 Å². The van der Waals surface area contributed by atoms with Gasteiger partial charge in [0.25, 0.3) is 0 Å². The number of benzene rings is 8. The third-order valence-corrected chi connectivity index (χ3v) is 10.9. The fourth-order valence-corrected chi connectivity index (χ4v) is 8.41. The summed E-state index contributed by atoms with van der Waals surface area (Å²) in [4.78, 5) is 2.40. The van der Waals surface area contributed by atoms with Crippen molar-refractivity contribution in [1.82, 2.24) is 4.57 Å². The van der Waals surface area contributed by atoms with Crippen LogP contribution in [0.4, 0.5) is 17.1 Å². The minimum atomic E-state index is -0.190. The van der Waals surface area contributed by atoms with Crippen LogP contribution in [0, 0.1) is 0 Å². The second-order valence-corrected chi connectivity index (χ2v) is 14.2. The first-order chi connectivity index (χ1) is 25.0. The molecule has 0 spiro atoms. The summed E-state index contributed by atoms with van der Waals surface area (Å²) < 4.78 is 2.43. The highest BCUT2D eigenvalue weighted by atomic mass is 15.1. The van der Waals surface area contributed by atoms with E-state index in [1.807, 2.05) is 0 Å². The number of anilines is 3. The summed E-state index contributed by atoms with van der Waals surface area (Å²) in [5.41, 5.74) is 14.6. The summed E-state index contributed by atoms with van der Waals surface area (Å²) in [6, 6.07) is 66.6. The van der Waals surface area contributed by atoms with Crippen molar-refractivity contribution < 1.29 is 0 Å². The predicted molar refractivity (Wildman–Crippen MR) is 216 cm³/mol. The Labute approximate surface area is 298 Å². The Balaban J connectivity index is 1.09. The zero-order valence-electron chi connectivity index (χ0n) is 28.7. The molecule has 0 bridgehead atoms. The molecule has 1 aliphatic rings. The van der Waals surface area contributed by atoms with Crippen molar-refractivity contribution >= 4 is 49.6 Å². The summed E-state index contributed by atoms with van der Waals surface area (Å²) in [5.74, 6) is 0. The second kappa shape index (κ2) is 11.3. The Morgan fingerprint density at radius 2 is 1.00 bits per heavy atom. The van der Waals surface area contributed by atoms with Crippen LogP contribution in [0.1, 0.15) is 25.0 Å². The molecule has 0 N–H and O–H groups in total. The molecular weight excluding hydrogens is 617 g/mol. The van der Waals surface area contributed by atoms with Crippen LogP contribution < -0.4 is 4.90 Å². The molecule has 0 saturated heterocycles. The van der Waals surface area contributed by atoms with Gasteiger partial charge in [-0.25, -0.2) is 0 Å². The molecule has 0 aliphatic heterocycles. The van der Waals surface area contributed by atoms with Crippen LogP contribution in [-0.4, -0.2) is 4.57 Å². The van der Waals surface area contributed by atoms with Gasteiger partial charge in [-0.3, -0.25) is 0 Å². The summed E-state index contributed by atoms with van der Waals surface area (Å²) in [5, 5.41) is 5.08. The topological polar surface area (TPSA) is 8.17 Å². The smallest absolute Gasteiger partial charge is 0.0541 e. The molecule has 0 radical (unpaired) electrons. The predicted octanol–water partition coefficient (Wildman–Crippen LogP) is 13.4. The van der Waals surface area contributed by atoms with Gasteiger partial charge < -0.3 is 9.47 Å². The van der Waals surface area contributed by atoms with Crippen molar-refractivity contribution in [3.8, 4) is 27.9 Å². The third-order valence-electron chi connectivity index (χ3n) is 10.9. The molecule has 1 aliphatic carbocycles. The van der Waals surface area contributed by atoms with E-state index in [-0.39, 0.29) is 5.41 Å². The van der Waals surface area contributed by atoms with Crippen molar-refractivity contribution in [3.05, 3.63) is 193 Å². The molecule has 10 rings (SSSR count). The van der Waals surface area contributed by atoms with Gasteiger partial charge in [0.05, 0.1) is 11.0 Å². The highest BCUT2D eigenvalue weighted by Crippen LogP contribution is 2.51. The molecule has 0 unspecified atom stereocenters. The Kier molecular flexibility index (Phi) is 6.56. The summed E-state index contributed by atoms with van der Waals surface area (Å²) in [7, 11) is 0. The van der Waals surface area contributed by atoms with Crippen LogP contribution in [-0.2, 0) is 5.41 Å². The van der Waals surface area contributed by atoms with E-state index in [9.17, 15) is 0 Å². The highest BCUT2D eigenvalue weighted by Gasteiger charge is 2.36. The second-order valence-electron chi connectivity index (χ2n) is 14.2.